The van der Waals surface area contributed by atoms with Crippen LogP contribution in [0.2, 0.25) is 0 Å². The van der Waals surface area contributed by atoms with Crippen LogP contribution in [0.15, 0.2) is 12.1 Å². The lowest BCUT2D eigenvalue weighted by Gasteiger charge is -2.03. The Morgan fingerprint density at radius 3 is 2.53 bits per heavy atom. The minimum absolute atomic E-state index is 0. The maximum Gasteiger partial charge on any atom is 0.143 e. The molecule has 0 saturated heterocycles. The molecule has 0 radical (unpaired) electrons. The fraction of sp³-hybridized carbons (Fsp3) is 0.273. The van der Waals surface area contributed by atoms with Gasteiger partial charge in [0.05, 0.1) is 12.8 Å². The number of aromatic nitrogens is 1. The standard InChI is InChI=1S/C11H14N2O.ClH/c1-6-7(2)13-10-5-11(14-3)9(12)4-8(6)10;/h4-5,13H,12H2,1-3H3;1H. The van der Waals surface area contributed by atoms with Crippen LogP contribution in [0.3, 0.4) is 0 Å². The number of methoxy groups -OCH3 is 1. The number of nitrogens with two attached hydrogens (primary N) is 1. The van der Waals surface area contributed by atoms with Gasteiger partial charge in [-0.05, 0) is 25.5 Å². The maximum atomic E-state index is 5.84. The van der Waals surface area contributed by atoms with Gasteiger partial charge < -0.3 is 15.5 Å². The number of ether oxygens (including phenoxy) is 1. The minimum Gasteiger partial charge on any atom is -0.495 e. The van der Waals surface area contributed by atoms with E-state index in [4.69, 9.17) is 10.5 Å². The Morgan fingerprint density at radius 2 is 1.93 bits per heavy atom. The van der Waals surface area contributed by atoms with Crippen molar-refractivity contribution in [2.75, 3.05) is 12.8 Å². The predicted octanol–water partition coefficient (Wildman–Crippen LogP) is 2.80. The maximum absolute atomic E-state index is 5.84. The quantitative estimate of drug-likeness (QED) is 0.735. The molecule has 0 amide bonds. The molecule has 1 aromatic heterocycles. The van der Waals surface area contributed by atoms with E-state index in [0.29, 0.717) is 5.69 Å². The van der Waals surface area contributed by atoms with Crippen molar-refractivity contribution in [3.63, 3.8) is 0 Å². The van der Waals surface area contributed by atoms with Crippen molar-refractivity contribution in [1.29, 1.82) is 0 Å². The van der Waals surface area contributed by atoms with Gasteiger partial charge in [0.1, 0.15) is 5.75 Å². The second-order valence-electron chi connectivity index (χ2n) is 3.51. The minimum atomic E-state index is 0. The summed E-state index contributed by atoms with van der Waals surface area (Å²) >= 11 is 0. The van der Waals surface area contributed by atoms with E-state index in [1.807, 2.05) is 12.1 Å². The van der Waals surface area contributed by atoms with E-state index >= 15 is 0 Å². The molecule has 0 saturated carbocycles. The number of rotatable bonds is 1. The molecule has 3 N–H and O–H groups in total. The molecule has 2 rings (SSSR count). The summed E-state index contributed by atoms with van der Waals surface area (Å²) in [5, 5.41) is 1.17. The number of anilines is 1. The van der Waals surface area contributed by atoms with Gasteiger partial charge in [-0.2, -0.15) is 0 Å². The Hall–Kier alpha value is -1.35. The average Bonchev–Trinajstić information content (AvgIpc) is 2.43. The lowest BCUT2D eigenvalue weighted by Crippen LogP contribution is -1.91. The molecule has 0 aliphatic heterocycles. The number of hydrogen-bond donors (Lipinski definition) is 2. The normalized spacial score (nSPS) is 10.1. The monoisotopic (exact) mass is 226 g/mol. The summed E-state index contributed by atoms with van der Waals surface area (Å²) in [5.41, 5.74) is 10.0. The van der Waals surface area contributed by atoms with E-state index in [-0.39, 0.29) is 12.4 Å². The number of halogens is 1. The molecule has 82 valence electrons. The predicted molar refractivity (Wildman–Crippen MR) is 66.0 cm³/mol. The van der Waals surface area contributed by atoms with E-state index in [2.05, 4.69) is 18.8 Å². The van der Waals surface area contributed by atoms with E-state index in [1.165, 1.54) is 16.6 Å². The van der Waals surface area contributed by atoms with Crippen molar-refractivity contribution in [3.05, 3.63) is 23.4 Å². The second-order valence-corrected chi connectivity index (χ2v) is 3.51. The van der Waals surface area contributed by atoms with Crippen LogP contribution in [0.5, 0.6) is 5.75 Å². The van der Waals surface area contributed by atoms with E-state index in [9.17, 15) is 0 Å². The van der Waals surface area contributed by atoms with Crippen molar-refractivity contribution < 1.29 is 4.74 Å². The first kappa shape index (κ1) is 11.7. The van der Waals surface area contributed by atoms with Gasteiger partial charge in [0, 0.05) is 22.7 Å². The molecule has 0 spiro atoms. The first-order valence-electron chi connectivity index (χ1n) is 4.56. The van der Waals surface area contributed by atoms with Crippen LogP contribution in [0, 0.1) is 13.8 Å². The van der Waals surface area contributed by atoms with Gasteiger partial charge in [-0.25, -0.2) is 0 Å². The van der Waals surface area contributed by atoms with Crippen LogP contribution in [0.4, 0.5) is 5.69 Å². The van der Waals surface area contributed by atoms with Crippen molar-refractivity contribution in [2.45, 2.75) is 13.8 Å². The zero-order valence-corrected chi connectivity index (χ0v) is 9.87. The largest absolute Gasteiger partial charge is 0.495 e. The molecule has 0 atom stereocenters. The number of fused-ring (bicyclic) bond motifs is 1. The number of nitrogen functional groups attached to an aromatic ring is 1. The Balaban J connectivity index is 0.00000112. The van der Waals surface area contributed by atoms with Gasteiger partial charge >= 0.3 is 0 Å². The topological polar surface area (TPSA) is 51.0 Å². The smallest absolute Gasteiger partial charge is 0.143 e. The van der Waals surface area contributed by atoms with Crippen LogP contribution in [-0.4, -0.2) is 12.1 Å². The summed E-state index contributed by atoms with van der Waals surface area (Å²) in [6.07, 6.45) is 0. The van der Waals surface area contributed by atoms with Gasteiger partial charge in [-0.1, -0.05) is 0 Å². The number of nitrogens with one attached hydrogen (secondary N) is 1. The molecule has 4 heteroatoms. The van der Waals surface area contributed by atoms with Gasteiger partial charge in [-0.3, -0.25) is 0 Å². The number of H-pyrrole nitrogens is 1. The highest BCUT2D eigenvalue weighted by Gasteiger charge is 2.07. The fourth-order valence-electron chi connectivity index (χ4n) is 1.68. The molecule has 3 nitrogen and oxygen atoms in total. The lowest BCUT2D eigenvalue weighted by molar-refractivity contribution is 0.417. The Morgan fingerprint density at radius 1 is 1.27 bits per heavy atom. The fourth-order valence-corrected chi connectivity index (χ4v) is 1.68. The Bertz CT molecular complexity index is 491. The molecule has 0 aliphatic carbocycles. The van der Waals surface area contributed by atoms with Gasteiger partial charge in [0.15, 0.2) is 0 Å². The second kappa shape index (κ2) is 4.03. The third-order valence-electron chi connectivity index (χ3n) is 2.66. The Labute approximate surface area is 95.0 Å². The van der Waals surface area contributed by atoms with E-state index < -0.39 is 0 Å². The average molecular weight is 227 g/mol. The molecule has 0 bridgehead atoms. The highest BCUT2D eigenvalue weighted by molar-refractivity contribution is 5.89. The summed E-state index contributed by atoms with van der Waals surface area (Å²) in [5.74, 6) is 0.721. The lowest BCUT2D eigenvalue weighted by atomic mass is 10.1. The first-order chi connectivity index (χ1) is 6.63. The third-order valence-corrected chi connectivity index (χ3v) is 2.66. The van der Waals surface area contributed by atoms with E-state index in [1.54, 1.807) is 7.11 Å². The van der Waals surface area contributed by atoms with Crippen molar-refractivity contribution in [3.8, 4) is 5.75 Å². The zero-order valence-electron chi connectivity index (χ0n) is 9.05. The molecule has 15 heavy (non-hydrogen) atoms. The summed E-state index contributed by atoms with van der Waals surface area (Å²) in [4.78, 5) is 3.29. The van der Waals surface area contributed by atoms with E-state index in [0.717, 1.165) is 11.3 Å². The zero-order chi connectivity index (χ0) is 10.3. The molecule has 0 aliphatic rings. The number of aromatic amines is 1. The molecular weight excluding hydrogens is 212 g/mol. The highest BCUT2D eigenvalue weighted by Crippen LogP contribution is 2.30. The number of benzene rings is 1. The van der Waals surface area contributed by atoms with Crippen molar-refractivity contribution in [1.82, 2.24) is 4.98 Å². The van der Waals surface area contributed by atoms with Crippen LogP contribution in [0.1, 0.15) is 11.3 Å². The van der Waals surface area contributed by atoms with Crippen LogP contribution < -0.4 is 10.5 Å². The molecular formula is C11H15ClN2O. The van der Waals surface area contributed by atoms with Gasteiger partial charge in [0.2, 0.25) is 0 Å². The molecule has 1 heterocycles. The van der Waals surface area contributed by atoms with Crippen molar-refractivity contribution >= 4 is 29.0 Å². The van der Waals surface area contributed by atoms with Crippen LogP contribution >= 0.6 is 12.4 Å². The molecule has 2 aromatic rings. The van der Waals surface area contributed by atoms with Gasteiger partial charge in [-0.15, -0.1) is 12.4 Å². The van der Waals surface area contributed by atoms with Crippen LogP contribution in [-0.2, 0) is 0 Å². The summed E-state index contributed by atoms with van der Waals surface area (Å²) < 4.78 is 5.16. The summed E-state index contributed by atoms with van der Waals surface area (Å²) in [6, 6.07) is 3.89. The molecule has 1 aromatic carbocycles. The third kappa shape index (κ3) is 1.75. The summed E-state index contributed by atoms with van der Waals surface area (Å²) in [7, 11) is 1.63. The molecule has 0 unspecified atom stereocenters. The molecule has 0 fully saturated rings. The Kier molecular flexibility index (Phi) is 3.15. The summed E-state index contributed by atoms with van der Waals surface area (Å²) in [6.45, 7) is 4.14. The number of hydrogen-bond acceptors (Lipinski definition) is 2. The van der Waals surface area contributed by atoms with Gasteiger partial charge in [0.25, 0.3) is 0 Å². The number of aryl methyl sites for hydroxylation is 2. The van der Waals surface area contributed by atoms with Crippen LogP contribution in [0.25, 0.3) is 10.9 Å². The van der Waals surface area contributed by atoms with Crippen molar-refractivity contribution in [2.24, 2.45) is 0 Å². The highest BCUT2D eigenvalue weighted by atomic mass is 35.5. The SMILES string of the molecule is COc1cc2[nH]c(C)c(C)c2cc1N.Cl. The first-order valence-corrected chi connectivity index (χ1v) is 4.56.